The normalized spacial score (nSPS) is 21.5. The van der Waals surface area contributed by atoms with E-state index in [4.69, 9.17) is 17.3 Å². The SMILES string of the molecule is CCCCCSNC1=NC(Cl)(SCCCCC)N=C(N)N1. The summed E-state index contributed by atoms with van der Waals surface area (Å²) in [4.78, 5) is 8.61. The van der Waals surface area contributed by atoms with E-state index in [2.05, 4.69) is 33.9 Å². The number of nitrogens with one attached hydrogen (secondary N) is 2. The fraction of sp³-hybridized carbons (Fsp3) is 0.846. The Morgan fingerprint density at radius 2 is 1.81 bits per heavy atom. The molecule has 0 aromatic heterocycles. The zero-order valence-corrected chi connectivity index (χ0v) is 15.2. The van der Waals surface area contributed by atoms with E-state index in [1.165, 1.54) is 43.9 Å². The number of aliphatic imine (C=N–C) groups is 2. The van der Waals surface area contributed by atoms with Gasteiger partial charge in [-0.1, -0.05) is 74.8 Å². The molecular formula is C13H26ClN5S2. The second kappa shape index (κ2) is 10.5. The molecule has 8 heteroatoms. The van der Waals surface area contributed by atoms with Crippen LogP contribution in [-0.4, -0.2) is 27.9 Å². The molecule has 1 aliphatic heterocycles. The summed E-state index contributed by atoms with van der Waals surface area (Å²) in [6, 6.07) is 0. The van der Waals surface area contributed by atoms with Crippen LogP contribution in [0.2, 0.25) is 0 Å². The minimum Gasteiger partial charge on any atom is -0.369 e. The lowest BCUT2D eigenvalue weighted by Crippen LogP contribution is -2.48. The molecule has 0 aromatic carbocycles. The van der Waals surface area contributed by atoms with Crippen LogP contribution in [0.4, 0.5) is 0 Å². The smallest absolute Gasteiger partial charge is 0.281 e. The van der Waals surface area contributed by atoms with Gasteiger partial charge in [-0.05, 0) is 18.6 Å². The van der Waals surface area contributed by atoms with Crippen molar-refractivity contribution in [3.8, 4) is 0 Å². The summed E-state index contributed by atoms with van der Waals surface area (Å²) in [5.74, 6) is 2.85. The largest absolute Gasteiger partial charge is 0.369 e. The number of rotatable bonds is 10. The molecular weight excluding hydrogens is 326 g/mol. The van der Waals surface area contributed by atoms with Gasteiger partial charge in [-0.25, -0.2) is 0 Å². The van der Waals surface area contributed by atoms with E-state index in [1.54, 1.807) is 11.9 Å². The molecule has 0 amide bonds. The summed E-state index contributed by atoms with van der Waals surface area (Å²) >= 11 is 9.55. The highest BCUT2D eigenvalue weighted by atomic mass is 35.5. The van der Waals surface area contributed by atoms with Gasteiger partial charge >= 0.3 is 0 Å². The number of hydrogen-bond donors (Lipinski definition) is 3. The Hall–Kier alpha value is -0.270. The first-order chi connectivity index (χ1) is 10.1. The molecule has 122 valence electrons. The second-order valence-corrected chi connectivity index (χ2v) is 7.74. The van der Waals surface area contributed by atoms with Crippen LogP contribution in [-0.2, 0) is 0 Å². The molecule has 1 atom stereocenters. The average Bonchev–Trinajstić information content (AvgIpc) is 2.42. The predicted molar refractivity (Wildman–Crippen MR) is 97.9 cm³/mol. The van der Waals surface area contributed by atoms with Gasteiger partial charge in [0.25, 0.3) is 4.45 Å². The molecule has 5 nitrogen and oxygen atoms in total. The van der Waals surface area contributed by atoms with Gasteiger partial charge in [0.1, 0.15) is 0 Å². The lowest BCUT2D eigenvalue weighted by atomic mass is 10.3. The quantitative estimate of drug-likeness (QED) is 0.243. The number of guanidine groups is 2. The number of halogens is 1. The number of thioether (sulfide) groups is 1. The zero-order valence-electron chi connectivity index (χ0n) is 12.8. The molecule has 0 aliphatic carbocycles. The van der Waals surface area contributed by atoms with Crippen molar-refractivity contribution in [3.63, 3.8) is 0 Å². The van der Waals surface area contributed by atoms with Gasteiger partial charge in [0.15, 0.2) is 5.96 Å². The lowest BCUT2D eigenvalue weighted by Gasteiger charge is -2.25. The third kappa shape index (κ3) is 8.07. The summed E-state index contributed by atoms with van der Waals surface area (Å²) in [5.41, 5.74) is 5.79. The van der Waals surface area contributed by atoms with Crippen molar-refractivity contribution < 1.29 is 0 Å². The molecule has 1 aliphatic rings. The number of nitrogens with zero attached hydrogens (tertiary/aromatic N) is 2. The van der Waals surface area contributed by atoms with Gasteiger partial charge in [-0.2, -0.15) is 9.98 Å². The monoisotopic (exact) mass is 351 g/mol. The first-order valence-corrected chi connectivity index (χ1v) is 9.87. The molecule has 0 saturated heterocycles. The molecule has 1 unspecified atom stereocenters. The average molecular weight is 352 g/mol. The Balaban J connectivity index is 2.41. The maximum Gasteiger partial charge on any atom is 0.281 e. The fourth-order valence-electron chi connectivity index (χ4n) is 1.70. The van der Waals surface area contributed by atoms with E-state index in [0.717, 1.165) is 17.9 Å². The molecule has 4 N–H and O–H groups in total. The third-order valence-corrected chi connectivity index (χ3v) is 5.18. The zero-order chi connectivity index (χ0) is 15.6. The summed E-state index contributed by atoms with van der Waals surface area (Å²) in [6.45, 7) is 4.37. The van der Waals surface area contributed by atoms with Gasteiger partial charge in [0.2, 0.25) is 5.96 Å². The van der Waals surface area contributed by atoms with Crippen LogP contribution in [0.15, 0.2) is 9.98 Å². The fourth-order valence-corrected chi connectivity index (χ4v) is 3.72. The Morgan fingerprint density at radius 3 is 2.48 bits per heavy atom. The van der Waals surface area contributed by atoms with Gasteiger partial charge in [-0.15, -0.1) is 0 Å². The van der Waals surface area contributed by atoms with Crippen LogP contribution in [0, 0.1) is 0 Å². The number of unbranched alkanes of at least 4 members (excludes halogenated alkanes) is 4. The highest BCUT2D eigenvalue weighted by molar-refractivity contribution is 8.01. The minimum atomic E-state index is -1.03. The lowest BCUT2D eigenvalue weighted by molar-refractivity contribution is 0.771. The van der Waals surface area contributed by atoms with Gasteiger partial charge in [0.05, 0.1) is 0 Å². The minimum absolute atomic E-state index is 0.305. The van der Waals surface area contributed by atoms with Crippen molar-refractivity contribution in [2.45, 2.75) is 56.8 Å². The van der Waals surface area contributed by atoms with E-state index in [9.17, 15) is 0 Å². The molecule has 0 spiro atoms. The van der Waals surface area contributed by atoms with E-state index < -0.39 is 4.45 Å². The molecule has 0 fully saturated rings. The van der Waals surface area contributed by atoms with Gasteiger partial charge in [-0.3, -0.25) is 10.0 Å². The molecule has 21 heavy (non-hydrogen) atoms. The second-order valence-electron chi connectivity index (χ2n) is 4.82. The Morgan fingerprint density at radius 1 is 1.14 bits per heavy atom. The van der Waals surface area contributed by atoms with Crippen LogP contribution in [0.3, 0.4) is 0 Å². The molecule has 1 heterocycles. The van der Waals surface area contributed by atoms with Gasteiger partial charge < -0.3 is 5.73 Å². The van der Waals surface area contributed by atoms with Crippen molar-refractivity contribution in [1.29, 1.82) is 0 Å². The van der Waals surface area contributed by atoms with Crippen LogP contribution in [0.1, 0.15) is 52.4 Å². The van der Waals surface area contributed by atoms with Crippen LogP contribution >= 0.6 is 35.3 Å². The number of nitrogens with two attached hydrogens (primary N) is 1. The molecule has 1 rings (SSSR count). The Bertz CT molecular complexity index is 364. The topological polar surface area (TPSA) is 74.8 Å². The van der Waals surface area contributed by atoms with E-state index >= 15 is 0 Å². The molecule has 0 radical (unpaired) electrons. The third-order valence-electron chi connectivity index (χ3n) is 2.81. The van der Waals surface area contributed by atoms with Crippen LogP contribution in [0.25, 0.3) is 0 Å². The Kier molecular flexibility index (Phi) is 9.35. The maximum atomic E-state index is 6.42. The van der Waals surface area contributed by atoms with Crippen molar-refractivity contribution in [3.05, 3.63) is 0 Å². The van der Waals surface area contributed by atoms with Crippen molar-refractivity contribution in [2.24, 2.45) is 15.7 Å². The first kappa shape index (κ1) is 18.8. The number of alkyl halides is 1. The standard InChI is InChI=1S/C13H26ClN5S2/c1-3-5-7-9-20-13(14)17-11(15)16-12(18-13)19-21-10-8-6-4-2/h3-10H2,1-2H3,(H4,15,16,17,18,19). The summed E-state index contributed by atoms with van der Waals surface area (Å²) in [6.07, 6.45) is 7.14. The predicted octanol–water partition coefficient (Wildman–Crippen LogP) is 3.46. The summed E-state index contributed by atoms with van der Waals surface area (Å²) < 4.78 is 2.13. The highest BCUT2D eigenvalue weighted by Crippen LogP contribution is 2.35. The van der Waals surface area contributed by atoms with E-state index in [1.807, 2.05) is 0 Å². The highest BCUT2D eigenvalue weighted by Gasteiger charge is 2.30. The van der Waals surface area contributed by atoms with Crippen molar-refractivity contribution in [2.75, 3.05) is 11.5 Å². The summed E-state index contributed by atoms with van der Waals surface area (Å²) in [7, 11) is 0. The van der Waals surface area contributed by atoms with E-state index in [-0.39, 0.29) is 0 Å². The molecule has 0 aromatic rings. The Labute approximate surface area is 141 Å². The molecule has 0 bridgehead atoms. The van der Waals surface area contributed by atoms with E-state index in [0.29, 0.717) is 11.9 Å². The van der Waals surface area contributed by atoms with Gasteiger partial charge in [0, 0.05) is 5.75 Å². The van der Waals surface area contributed by atoms with Crippen LogP contribution < -0.4 is 15.8 Å². The molecule has 0 saturated carbocycles. The van der Waals surface area contributed by atoms with Crippen molar-refractivity contribution >= 4 is 47.2 Å². The maximum absolute atomic E-state index is 6.42. The summed E-state index contributed by atoms with van der Waals surface area (Å²) in [5, 5.41) is 2.91. The first-order valence-electron chi connectivity index (χ1n) is 7.52. The van der Waals surface area contributed by atoms with Crippen molar-refractivity contribution in [1.82, 2.24) is 10.0 Å². The van der Waals surface area contributed by atoms with Crippen LogP contribution in [0.5, 0.6) is 0 Å². The number of hydrogen-bond acceptors (Lipinski definition) is 7.